The predicted octanol–water partition coefficient (Wildman–Crippen LogP) is 5.21. The van der Waals surface area contributed by atoms with Crippen LogP contribution in [0.4, 0.5) is 10.1 Å². The molecule has 0 radical (unpaired) electrons. The van der Waals surface area contributed by atoms with Gasteiger partial charge in [0.2, 0.25) is 0 Å². The number of halogens is 1. The Hall–Kier alpha value is -4.13. The van der Waals surface area contributed by atoms with E-state index in [2.05, 4.69) is 39.8 Å². The van der Waals surface area contributed by atoms with Crippen molar-refractivity contribution in [3.8, 4) is 11.1 Å². The summed E-state index contributed by atoms with van der Waals surface area (Å²) in [6.45, 7) is 3.84. The highest BCUT2D eigenvalue weighted by Crippen LogP contribution is 2.34. The first kappa shape index (κ1) is 19.8. The topological polar surface area (TPSA) is 72.2 Å². The fourth-order valence-electron chi connectivity index (χ4n) is 3.95. The van der Waals surface area contributed by atoms with Crippen LogP contribution in [0.2, 0.25) is 0 Å². The minimum Gasteiger partial charge on any atom is -0.321 e. The zero-order valence-electron chi connectivity index (χ0n) is 17.6. The van der Waals surface area contributed by atoms with Crippen LogP contribution in [0.3, 0.4) is 0 Å². The Morgan fingerprint density at radius 1 is 1.00 bits per heavy atom. The number of benzene rings is 3. The fourth-order valence-corrected chi connectivity index (χ4v) is 3.95. The van der Waals surface area contributed by atoms with Crippen molar-refractivity contribution in [3.63, 3.8) is 0 Å². The Morgan fingerprint density at radius 2 is 1.75 bits per heavy atom. The molecule has 0 unspecified atom stereocenters. The van der Waals surface area contributed by atoms with Crippen molar-refractivity contribution >= 4 is 28.0 Å². The number of aromatic nitrogens is 4. The summed E-state index contributed by atoms with van der Waals surface area (Å²) in [6.07, 6.45) is 0.707. The third-order valence-corrected chi connectivity index (χ3v) is 5.55. The van der Waals surface area contributed by atoms with Crippen molar-refractivity contribution in [1.82, 2.24) is 19.8 Å². The van der Waals surface area contributed by atoms with Gasteiger partial charge in [-0.2, -0.15) is 5.10 Å². The van der Waals surface area contributed by atoms with Crippen molar-refractivity contribution in [2.75, 3.05) is 5.32 Å². The lowest BCUT2D eigenvalue weighted by Gasteiger charge is -2.09. The molecule has 0 aliphatic carbocycles. The summed E-state index contributed by atoms with van der Waals surface area (Å²) in [5.41, 5.74) is 4.66. The molecule has 0 saturated heterocycles. The molecule has 5 rings (SSSR count). The molecule has 5 aromatic rings. The van der Waals surface area contributed by atoms with Crippen LogP contribution in [0.15, 0.2) is 66.7 Å². The van der Waals surface area contributed by atoms with E-state index < -0.39 is 5.91 Å². The molecule has 0 atom stereocenters. The Morgan fingerprint density at radius 3 is 2.53 bits per heavy atom. The van der Waals surface area contributed by atoms with Gasteiger partial charge in [-0.05, 0) is 53.9 Å². The van der Waals surface area contributed by atoms with E-state index in [9.17, 15) is 9.18 Å². The van der Waals surface area contributed by atoms with Crippen LogP contribution in [0.1, 0.15) is 28.8 Å². The van der Waals surface area contributed by atoms with Gasteiger partial charge in [0.15, 0.2) is 11.3 Å². The Balaban J connectivity index is 1.63. The maximum Gasteiger partial charge on any atom is 0.278 e. The number of nitrogens with zero attached hydrogens (tertiary/aromatic N) is 4. The second-order valence-electron chi connectivity index (χ2n) is 7.53. The zero-order chi connectivity index (χ0) is 22.2. The number of carbonyl (C=O) groups is 1. The van der Waals surface area contributed by atoms with Crippen molar-refractivity contribution in [2.45, 2.75) is 20.3 Å². The van der Waals surface area contributed by atoms with Gasteiger partial charge in [-0.1, -0.05) is 49.4 Å². The summed E-state index contributed by atoms with van der Waals surface area (Å²) in [7, 11) is 0. The molecular formula is C25H20FN5O. The molecule has 0 aliphatic heterocycles. The highest BCUT2D eigenvalue weighted by atomic mass is 19.1. The van der Waals surface area contributed by atoms with Gasteiger partial charge < -0.3 is 5.32 Å². The average Bonchev–Trinajstić information content (AvgIpc) is 3.20. The molecule has 0 aliphatic rings. The van der Waals surface area contributed by atoms with Gasteiger partial charge in [-0.3, -0.25) is 4.79 Å². The zero-order valence-corrected chi connectivity index (χ0v) is 17.6. The minimum absolute atomic E-state index is 0.163. The maximum absolute atomic E-state index is 13.2. The number of carbonyl (C=O) groups excluding carboxylic acids is 1. The molecule has 3 aromatic carbocycles. The highest BCUT2D eigenvalue weighted by molar-refractivity contribution is 6.04. The molecule has 2 heterocycles. The number of fused-ring (bicyclic) bond motifs is 2. The standard InChI is InChI=1S/C25H20FN5O/c1-3-21-22(20-10-6-8-16-7-4-5-9-19(16)20)24-29-28-23(15(2)31(24)30-21)25(32)27-18-13-11-17(26)12-14-18/h4-14H,3H2,1-2H3,(H,27,32). The van der Waals surface area contributed by atoms with Crippen LogP contribution in [0.5, 0.6) is 0 Å². The second-order valence-corrected chi connectivity index (χ2v) is 7.53. The Kier molecular flexibility index (Phi) is 4.86. The normalized spacial score (nSPS) is 11.2. The van der Waals surface area contributed by atoms with Crippen LogP contribution >= 0.6 is 0 Å². The maximum atomic E-state index is 13.2. The van der Waals surface area contributed by atoms with E-state index in [0.717, 1.165) is 27.6 Å². The van der Waals surface area contributed by atoms with Gasteiger partial charge in [-0.15, -0.1) is 10.2 Å². The molecule has 1 amide bonds. The SMILES string of the molecule is CCc1nn2c(C)c(C(=O)Nc3ccc(F)cc3)nnc2c1-c1cccc2ccccc12. The van der Waals surface area contributed by atoms with Crippen LogP contribution in [0, 0.1) is 12.7 Å². The van der Waals surface area contributed by atoms with E-state index in [0.29, 0.717) is 23.4 Å². The molecule has 7 heteroatoms. The summed E-state index contributed by atoms with van der Waals surface area (Å²) in [5, 5.41) is 18.4. The lowest BCUT2D eigenvalue weighted by molar-refractivity contribution is 0.102. The van der Waals surface area contributed by atoms with Crippen molar-refractivity contribution < 1.29 is 9.18 Å². The first-order valence-corrected chi connectivity index (χ1v) is 10.4. The number of nitrogens with one attached hydrogen (secondary N) is 1. The largest absolute Gasteiger partial charge is 0.321 e. The fraction of sp³-hybridized carbons (Fsp3) is 0.120. The summed E-state index contributed by atoms with van der Waals surface area (Å²) in [6, 6.07) is 19.9. The molecule has 0 saturated carbocycles. The number of rotatable bonds is 4. The lowest BCUT2D eigenvalue weighted by atomic mass is 9.97. The molecule has 0 bridgehead atoms. The lowest BCUT2D eigenvalue weighted by Crippen LogP contribution is -2.18. The van der Waals surface area contributed by atoms with E-state index in [1.165, 1.54) is 24.3 Å². The van der Waals surface area contributed by atoms with E-state index in [4.69, 9.17) is 5.10 Å². The summed E-state index contributed by atoms with van der Waals surface area (Å²) >= 11 is 0. The van der Waals surface area contributed by atoms with E-state index in [1.54, 1.807) is 11.4 Å². The second kappa shape index (κ2) is 7.85. The van der Waals surface area contributed by atoms with Gasteiger partial charge in [-0.25, -0.2) is 8.91 Å². The molecule has 2 aromatic heterocycles. The highest BCUT2D eigenvalue weighted by Gasteiger charge is 2.22. The molecule has 6 nitrogen and oxygen atoms in total. The van der Waals surface area contributed by atoms with Crippen LogP contribution < -0.4 is 5.32 Å². The predicted molar refractivity (Wildman–Crippen MR) is 122 cm³/mol. The Bertz CT molecular complexity index is 1470. The van der Waals surface area contributed by atoms with Gasteiger partial charge in [0.1, 0.15) is 5.82 Å². The molecule has 158 valence electrons. The monoisotopic (exact) mass is 425 g/mol. The average molecular weight is 425 g/mol. The molecule has 0 fully saturated rings. The molecule has 0 spiro atoms. The van der Waals surface area contributed by atoms with E-state index in [1.807, 2.05) is 25.1 Å². The van der Waals surface area contributed by atoms with Crippen LogP contribution in [-0.4, -0.2) is 25.7 Å². The van der Waals surface area contributed by atoms with Gasteiger partial charge in [0.25, 0.3) is 5.91 Å². The van der Waals surface area contributed by atoms with Gasteiger partial charge >= 0.3 is 0 Å². The minimum atomic E-state index is -0.427. The van der Waals surface area contributed by atoms with Crippen LogP contribution in [0.25, 0.3) is 27.5 Å². The van der Waals surface area contributed by atoms with Crippen molar-refractivity contribution in [3.05, 3.63) is 89.6 Å². The number of aryl methyl sites for hydroxylation is 2. The summed E-state index contributed by atoms with van der Waals surface area (Å²) in [4.78, 5) is 12.8. The third-order valence-electron chi connectivity index (χ3n) is 5.55. The van der Waals surface area contributed by atoms with E-state index in [-0.39, 0.29) is 11.5 Å². The summed E-state index contributed by atoms with van der Waals surface area (Å²) < 4.78 is 14.8. The van der Waals surface area contributed by atoms with Gasteiger partial charge in [0, 0.05) is 5.69 Å². The van der Waals surface area contributed by atoms with E-state index >= 15 is 0 Å². The molecule has 1 N–H and O–H groups in total. The molecule has 32 heavy (non-hydrogen) atoms. The van der Waals surface area contributed by atoms with Gasteiger partial charge in [0.05, 0.1) is 17.0 Å². The summed E-state index contributed by atoms with van der Waals surface area (Å²) in [5.74, 6) is -0.797. The number of hydrogen-bond acceptors (Lipinski definition) is 4. The van der Waals surface area contributed by atoms with Crippen molar-refractivity contribution in [1.29, 1.82) is 0 Å². The van der Waals surface area contributed by atoms with Crippen molar-refractivity contribution in [2.24, 2.45) is 0 Å². The Labute approximate surface area is 183 Å². The number of amides is 1. The third kappa shape index (κ3) is 3.28. The number of hydrogen-bond donors (Lipinski definition) is 1. The molecular weight excluding hydrogens is 405 g/mol. The number of anilines is 1. The van der Waals surface area contributed by atoms with Crippen LogP contribution in [-0.2, 0) is 6.42 Å². The smallest absolute Gasteiger partial charge is 0.278 e. The quantitative estimate of drug-likeness (QED) is 0.429. The first-order valence-electron chi connectivity index (χ1n) is 10.4. The first-order chi connectivity index (χ1) is 15.6.